The van der Waals surface area contributed by atoms with Crippen LogP contribution in [0, 0.1) is 6.92 Å². The van der Waals surface area contributed by atoms with Gasteiger partial charge in [-0.05, 0) is 43.3 Å². The molecular weight excluding hydrogens is 801 g/mol. The molecule has 0 aliphatic heterocycles. The number of rotatable bonds is 0. The standard InChI is InChI=1S/C13H11N.2C12H9N.C7H8.9C2H6.H3N/c1-14-12-8-4-2-6-10(12)11-7-3-5-9-13(11)14;2*1-3-7-11-9(5-1)10-6-2-4-8-12(10)13-11;1-7-5-3-2-4-6-7;9*1-2;/h2-9H,1H3;2*1-8,13H;2-6H,1H3;9*1-2H3;1H3. The van der Waals surface area contributed by atoms with Crippen LogP contribution in [0.3, 0.4) is 0 Å². The zero-order valence-electron chi connectivity index (χ0n) is 45.4. The average molecular weight is 895 g/mol. The first-order chi connectivity index (χ1) is 32.2. The summed E-state index contributed by atoms with van der Waals surface area (Å²) in [5, 5.41) is 7.89. The Kier molecular flexibility index (Phi) is 44.5. The minimum Gasteiger partial charge on any atom is -0.355 e. The molecule has 0 saturated heterocycles. The number of hydrogen-bond donors (Lipinski definition) is 3. The van der Waals surface area contributed by atoms with Gasteiger partial charge in [0.25, 0.3) is 0 Å². The Labute approximate surface area is 404 Å². The van der Waals surface area contributed by atoms with Crippen molar-refractivity contribution in [1.29, 1.82) is 0 Å². The van der Waals surface area contributed by atoms with Crippen molar-refractivity contribution in [2.75, 3.05) is 0 Å². The van der Waals surface area contributed by atoms with Gasteiger partial charge in [0.1, 0.15) is 0 Å². The summed E-state index contributed by atoms with van der Waals surface area (Å²) in [6.45, 7) is 38.1. The van der Waals surface area contributed by atoms with Gasteiger partial charge in [0.2, 0.25) is 0 Å². The SMILES string of the molecule is CC.CC.CC.CC.CC.CC.CC.CC.CC.Cc1ccccc1.Cn1c2ccccc2c2ccccc21.N.c1ccc2c(c1)[nH]c1ccccc12.c1ccc2c(c1)[nH]c1ccccc12. The van der Waals surface area contributed by atoms with Crippen LogP contribution < -0.4 is 6.15 Å². The van der Waals surface area contributed by atoms with Gasteiger partial charge in [0.15, 0.2) is 0 Å². The third kappa shape index (κ3) is 20.4. The number of aromatic amines is 2. The van der Waals surface area contributed by atoms with Gasteiger partial charge in [-0.15, -0.1) is 0 Å². The highest BCUT2D eigenvalue weighted by molar-refractivity contribution is 6.09. The van der Waals surface area contributed by atoms with E-state index in [9.17, 15) is 0 Å². The van der Waals surface area contributed by atoms with Crippen LogP contribution >= 0.6 is 0 Å². The third-order valence-electron chi connectivity index (χ3n) is 8.59. The van der Waals surface area contributed by atoms with E-state index in [0.29, 0.717) is 0 Å². The Morgan fingerprint density at radius 1 is 0.258 bits per heavy atom. The van der Waals surface area contributed by atoms with E-state index in [2.05, 4.69) is 186 Å². The topological polar surface area (TPSA) is 71.5 Å². The Hall–Kier alpha value is -6.10. The molecule has 3 aromatic heterocycles. The largest absolute Gasteiger partial charge is 0.355 e. The van der Waals surface area contributed by atoms with Crippen molar-refractivity contribution in [3.8, 4) is 0 Å². The van der Waals surface area contributed by atoms with Crippen molar-refractivity contribution in [3.05, 3.63) is 181 Å². The zero-order valence-corrected chi connectivity index (χ0v) is 45.4. The molecule has 3 heterocycles. The summed E-state index contributed by atoms with van der Waals surface area (Å²) in [5.41, 5.74) is 8.77. The van der Waals surface area contributed by atoms with E-state index in [1.807, 2.05) is 143 Å². The van der Waals surface area contributed by atoms with E-state index in [4.69, 9.17) is 0 Å². The van der Waals surface area contributed by atoms with Crippen molar-refractivity contribution < 1.29 is 0 Å². The molecule has 0 bridgehead atoms. The highest BCUT2D eigenvalue weighted by Crippen LogP contribution is 2.27. The summed E-state index contributed by atoms with van der Waals surface area (Å²) in [6, 6.07) is 60.8. The molecule has 10 aromatic rings. The maximum Gasteiger partial charge on any atom is 0.0488 e. The number of nitrogens with one attached hydrogen (secondary N) is 2. The maximum atomic E-state index is 3.38. The molecule has 7 aromatic carbocycles. The monoisotopic (exact) mass is 895 g/mol. The summed E-state index contributed by atoms with van der Waals surface area (Å²) in [6.07, 6.45) is 0. The zero-order chi connectivity index (χ0) is 50.0. The van der Waals surface area contributed by atoms with Gasteiger partial charge in [-0.3, -0.25) is 0 Å². The molecule has 4 nitrogen and oxygen atoms in total. The second-order valence-corrected chi connectivity index (χ2v) is 11.7. The van der Waals surface area contributed by atoms with E-state index in [1.165, 1.54) is 71.0 Å². The predicted molar refractivity (Wildman–Crippen MR) is 310 cm³/mol. The Bertz CT molecular complexity index is 2290. The molecule has 362 valence electrons. The van der Waals surface area contributed by atoms with Gasteiger partial charge in [-0.25, -0.2) is 0 Å². The minimum absolute atomic E-state index is 0. The Morgan fingerprint density at radius 3 is 0.682 bits per heavy atom. The van der Waals surface area contributed by atoms with Crippen LogP contribution in [0.4, 0.5) is 0 Å². The fourth-order valence-electron chi connectivity index (χ4n) is 6.25. The van der Waals surface area contributed by atoms with Crippen molar-refractivity contribution in [3.63, 3.8) is 0 Å². The van der Waals surface area contributed by atoms with E-state index in [-0.39, 0.29) is 6.15 Å². The second kappa shape index (κ2) is 44.1. The molecule has 0 spiro atoms. The number of aromatic nitrogens is 3. The number of aryl methyl sites for hydroxylation is 2. The van der Waals surface area contributed by atoms with Crippen LogP contribution in [0.2, 0.25) is 0 Å². The van der Waals surface area contributed by atoms with Crippen molar-refractivity contribution in [2.45, 2.75) is 132 Å². The minimum atomic E-state index is 0. The third-order valence-corrected chi connectivity index (χ3v) is 8.59. The normalized spacial score (nSPS) is 8.48. The first-order valence-electron chi connectivity index (χ1n) is 25.0. The van der Waals surface area contributed by atoms with E-state index < -0.39 is 0 Å². The van der Waals surface area contributed by atoms with Crippen LogP contribution in [-0.2, 0) is 7.05 Å². The molecule has 0 radical (unpaired) electrons. The van der Waals surface area contributed by atoms with Gasteiger partial charge in [0.05, 0.1) is 0 Å². The lowest BCUT2D eigenvalue weighted by Gasteiger charge is -1.95. The van der Waals surface area contributed by atoms with Crippen LogP contribution in [0.1, 0.15) is 130 Å². The average Bonchev–Trinajstić information content (AvgIpc) is 4.10. The van der Waals surface area contributed by atoms with E-state index in [1.54, 1.807) is 0 Å². The van der Waals surface area contributed by atoms with Crippen molar-refractivity contribution >= 4 is 65.4 Å². The number of para-hydroxylation sites is 6. The molecule has 66 heavy (non-hydrogen) atoms. The first kappa shape index (κ1) is 66.5. The Morgan fingerprint density at radius 2 is 0.455 bits per heavy atom. The van der Waals surface area contributed by atoms with Gasteiger partial charge < -0.3 is 20.7 Å². The van der Waals surface area contributed by atoms with E-state index >= 15 is 0 Å². The number of H-pyrrole nitrogens is 2. The number of nitrogens with zero attached hydrogens (tertiary/aromatic N) is 1. The maximum absolute atomic E-state index is 3.38. The van der Waals surface area contributed by atoms with Crippen LogP contribution in [-0.4, -0.2) is 14.5 Å². The molecule has 0 unspecified atom stereocenters. The molecular formula is C62H94N4. The lowest BCUT2D eigenvalue weighted by atomic mass is 10.2. The molecule has 5 N–H and O–H groups in total. The van der Waals surface area contributed by atoms with E-state index in [0.717, 1.165) is 0 Å². The quantitative estimate of drug-likeness (QED) is 0.139. The molecule has 0 saturated carbocycles. The molecule has 0 amide bonds. The van der Waals surface area contributed by atoms with Gasteiger partial charge in [-0.1, -0.05) is 270 Å². The fourth-order valence-corrected chi connectivity index (χ4v) is 6.25. The molecule has 10 rings (SSSR count). The lowest BCUT2D eigenvalue weighted by molar-refractivity contribution is 1.01. The number of benzene rings is 7. The van der Waals surface area contributed by atoms with Gasteiger partial charge in [-0.2, -0.15) is 0 Å². The highest BCUT2D eigenvalue weighted by Gasteiger charge is 2.05. The van der Waals surface area contributed by atoms with Crippen LogP contribution in [0.5, 0.6) is 0 Å². The van der Waals surface area contributed by atoms with Crippen LogP contribution in [0.25, 0.3) is 65.4 Å². The summed E-state index contributed by atoms with van der Waals surface area (Å²) in [4.78, 5) is 6.76. The Balaban J connectivity index is -0.000000351. The van der Waals surface area contributed by atoms with Crippen molar-refractivity contribution in [2.24, 2.45) is 7.05 Å². The molecule has 0 fully saturated rings. The molecule has 0 atom stereocenters. The number of hydrogen-bond acceptors (Lipinski definition) is 1. The predicted octanol–water partition coefficient (Wildman–Crippen LogP) is 21.4. The molecule has 0 aliphatic carbocycles. The first-order valence-corrected chi connectivity index (χ1v) is 25.0. The van der Waals surface area contributed by atoms with Crippen molar-refractivity contribution in [1.82, 2.24) is 20.7 Å². The summed E-state index contributed by atoms with van der Waals surface area (Å²) >= 11 is 0. The second-order valence-electron chi connectivity index (χ2n) is 11.7. The summed E-state index contributed by atoms with van der Waals surface area (Å²) < 4.78 is 2.24. The highest BCUT2D eigenvalue weighted by atomic mass is 14.9. The molecule has 4 heteroatoms. The van der Waals surface area contributed by atoms with Gasteiger partial charge >= 0.3 is 0 Å². The lowest BCUT2D eigenvalue weighted by Crippen LogP contribution is -1.84. The van der Waals surface area contributed by atoms with Gasteiger partial charge in [0, 0.05) is 72.5 Å². The molecule has 0 aliphatic rings. The van der Waals surface area contributed by atoms with Crippen LogP contribution in [0.15, 0.2) is 176 Å². The summed E-state index contributed by atoms with van der Waals surface area (Å²) in [7, 11) is 2.12. The summed E-state index contributed by atoms with van der Waals surface area (Å²) in [5.74, 6) is 0. The smallest absolute Gasteiger partial charge is 0.0488 e. The number of fused-ring (bicyclic) bond motifs is 9. The fraction of sp³-hybridized carbons (Fsp3) is 0.323.